The minimum Gasteiger partial charge on any atom is -0.387 e. The molecule has 0 saturated heterocycles. The van der Waals surface area contributed by atoms with Crippen LogP contribution in [0.1, 0.15) is 0 Å². The molecule has 0 atom stereocenters. The zero-order valence-electron chi connectivity index (χ0n) is 11.1. The molecule has 5 nitrogen and oxygen atoms in total. The number of thioether (sulfide) groups is 1. The van der Waals surface area contributed by atoms with Crippen LogP contribution in [0.15, 0.2) is 52.5 Å². The van der Waals surface area contributed by atoms with E-state index in [0.717, 1.165) is 4.90 Å². The van der Waals surface area contributed by atoms with Gasteiger partial charge in [0.2, 0.25) is 0 Å². The molecular weight excluding hydrogens is 294 g/mol. The molecule has 2 aromatic rings. The van der Waals surface area contributed by atoms with E-state index < -0.39 is 10.0 Å². The highest BCUT2D eigenvalue weighted by Gasteiger charge is 2.19. The summed E-state index contributed by atoms with van der Waals surface area (Å²) >= 11 is 1.48. The number of benzene rings is 1. The van der Waals surface area contributed by atoms with Crippen LogP contribution in [0.4, 0.5) is 11.4 Å². The Morgan fingerprint density at radius 2 is 1.90 bits per heavy atom. The zero-order valence-corrected chi connectivity index (χ0v) is 12.8. The minimum absolute atomic E-state index is 0.124. The van der Waals surface area contributed by atoms with Crippen molar-refractivity contribution in [1.82, 2.24) is 4.98 Å². The van der Waals surface area contributed by atoms with E-state index in [1.54, 1.807) is 31.4 Å². The Morgan fingerprint density at radius 1 is 1.15 bits per heavy atom. The van der Waals surface area contributed by atoms with Crippen molar-refractivity contribution >= 4 is 33.2 Å². The lowest BCUT2D eigenvalue weighted by Crippen LogP contribution is -2.15. The van der Waals surface area contributed by atoms with Crippen LogP contribution in [-0.2, 0) is 10.0 Å². The third kappa shape index (κ3) is 3.05. The van der Waals surface area contributed by atoms with E-state index in [1.807, 2.05) is 18.4 Å². The summed E-state index contributed by atoms with van der Waals surface area (Å²) in [7, 11) is -2.01. The second kappa shape index (κ2) is 6.15. The van der Waals surface area contributed by atoms with E-state index >= 15 is 0 Å². The summed E-state index contributed by atoms with van der Waals surface area (Å²) in [6, 6.07) is 8.88. The Hall–Kier alpha value is -1.73. The molecule has 2 N–H and O–H groups in total. The van der Waals surface area contributed by atoms with E-state index in [4.69, 9.17) is 0 Å². The van der Waals surface area contributed by atoms with Crippen molar-refractivity contribution in [1.29, 1.82) is 0 Å². The van der Waals surface area contributed by atoms with E-state index in [-0.39, 0.29) is 4.90 Å². The predicted molar refractivity (Wildman–Crippen MR) is 82.8 cm³/mol. The Bertz CT molecular complexity index is 702. The SMILES string of the molecule is CNc1ccncc1S(=O)(=O)Nc1ccccc1SC. The molecule has 0 aliphatic rings. The molecule has 2 rings (SSSR count). The van der Waals surface area contributed by atoms with Crippen LogP contribution >= 0.6 is 11.8 Å². The average molecular weight is 309 g/mol. The first-order valence-electron chi connectivity index (χ1n) is 5.86. The number of nitrogens with zero attached hydrogens (tertiary/aromatic N) is 1. The fraction of sp³-hybridized carbons (Fsp3) is 0.154. The van der Waals surface area contributed by atoms with Gasteiger partial charge in [0.15, 0.2) is 0 Å². The number of aromatic nitrogens is 1. The van der Waals surface area contributed by atoms with Gasteiger partial charge in [-0.2, -0.15) is 0 Å². The van der Waals surface area contributed by atoms with Crippen molar-refractivity contribution in [2.45, 2.75) is 9.79 Å². The standard InChI is InChI=1S/C13H15N3O2S2/c1-14-11-7-8-15-9-13(11)20(17,18)16-10-5-3-4-6-12(10)19-2/h3-9,16H,1-2H3,(H,14,15). The molecule has 1 heterocycles. The third-order valence-electron chi connectivity index (χ3n) is 2.69. The van der Waals surface area contributed by atoms with Gasteiger partial charge in [0.1, 0.15) is 4.90 Å². The van der Waals surface area contributed by atoms with E-state index in [9.17, 15) is 8.42 Å². The molecule has 0 aliphatic heterocycles. The number of sulfonamides is 1. The second-order valence-electron chi connectivity index (χ2n) is 3.93. The molecule has 0 spiro atoms. The maximum atomic E-state index is 12.4. The van der Waals surface area contributed by atoms with Crippen LogP contribution in [0.25, 0.3) is 0 Å². The van der Waals surface area contributed by atoms with Gasteiger partial charge in [-0.3, -0.25) is 9.71 Å². The van der Waals surface area contributed by atoms with Crippen LogP contribution in [0.2, 0.25) is 0 Å². The number of rotatable bonds is 5. The van der Waals surface area contributed by atoms with Gasteiger partial charge in [-0.1, -0.05) is 12.1 Å². The summed E-state index contributed by atoms with van der Waals surface area (Å²) in [5.41, 5.74) is 1.07. The molecule has 0 amide bonds. The van der Waals surface area contributed by atoms with Crippen molar-refractivity contribution < 1.29 is 8.42 Å². The topological polar surface area (TPSA) is 71.1 Å². The van der Waals surface area contributed by atoms with Crippen molar-refractivity contribution in [3.63, 3.8) is 0 Å². The quantitative estimate of drug-likeness (QED) is 0.831. The highest BCUT2D eigenvalue weighted by atomic mass is 32.2. The number of anilines is 2. The van der Waals surface area contributed by atoms with Gasteiger partial charge < -0.3 is 5.32 Å². The molecule has 0 unspecified atom stereocenters. The summed E-state index contributed by atoms with van der Waals surface area (Å²) in [6.07, 6.45) is 4.77. The Morgan fingerprint density at radius 3 is 2.60 bits per heavy atom. The average Bonchev–Trinajstić information content (AvgIpc) is 2.47. The first-order chi connectivity index (χ1) is 9.58. The Labute approximate surface area is 122 Å². The number of nitrogens with one attached hydrogen (secondary N) is 2. The molecule has 0 aliphatic carbocycles. The summed E-state index contributed by atoms with van der Waals surface area (Å²) in [4.78, 5) is 4.87. The molecule has 1 aromatic heterocycles. The fourth-order valence-corrected chi connectivity index (χ4v) is 3.58. The lowest BCUT2D eigenvalue weighted by Gasteiger charge is -2.13. The normalized spacial score (nSPS) is 11.1. The summed E-state index contributed by atoms with van der Waals surface area (Å²) in [5.74, 6) is 0. The van der Waals surface area contributed by atoms with Crippen LogP contribution in [0.3, 0.4) is 0 Å². The highest BCUT2D eigenvalue weighted by Crippen LogP contribution is 2.28. The first-order valence-corrected chi connectivity index (χ1v) is 8.57. The van der Waals surface area contributed by atoms with Crippen LogP contribution in [-0.4, -0.2) is 26.7 Å². The molecule has 7 heteroatoms. The third-order valence-corrected chi connectivity index (χ3v) is 4.88. The first kappa shape index (κ1) is 14.7. The van der Waals surface area contributed by atoms with Gasteiger partial charge in [-0.05, 0) is 24.5 Å². The fourth-order valence-electron chi connectivity index (χ4n) is 1.73. The molecule has 20 heavy (non-hydrogen) atoms. The van der Waals surface area contributed by atoms with E-state index in [0.29, 0.717) is 11.4 Å². The summed E-state index contributed by atoms with van der Waals surface area (Å²) in [6.45, 7) is 0. The maximum Gasteiger partial charge on any atom is 0.265 e. The van der Waals surface area contributed by atoms with Gasteiger partial charge in [-0.25, -0.2) is 8.42 Å². The molecule has 106 valence electrons. The molecule has 0 saturated carbocycles. The second-order valence-corrected chi connectivity index (χ2v) is 6.43. The summed E-state index contributed by atoms with van der Waals surface area (Å²) in [5, 5.41) is 2.85. The number of para-hydroxylation sites is 1. The molecule has 0 bridgehead atoms. The zero-order chi connectivity index (χ0) is 14.6. The van der Waals surface area contributed by atoms with Crippen molar-refractivity contribution in [3.8, 4) is 0 Å². The maximum absolute atomic E-state index is 12.4. The van der Waals surface area contributed by atoms with Crippen molar-refractivity contribution in [3.05, 3.63) is 42.7 Å². The van der Waals surface area contributed by atoms with Crippen molar-refractivity contribution in [2.24, 2.45) is 0 Å². The van der Waals surface area contributed by atoms with Gasteiger partial charge in [0, 0.05) is 24.3 Å². The van der Waals surface area contributed by atoms with E-state index in [1.165, 1.54) is 18.0 Å². The Kier molecular flexibility index (Phi) is 4.51. The van der Waals surface area contributed by atoms with Gasteiger partial charge in [-0.15, -0.1) is 11.8 Å². The molecule has 0 fully saturated rings. The molecule has 1 aromatic carbocycles. The van der Waals surface area contributed by atoms with Gasteiger partial charge >= 0.3 is 0 Å². The lowest BCUT2D eigenvalue weighted by atomic mass is 10.3. The van der Waals surface area contributed by atoms with Gasteiger partial charge in [0.05, 0.1) is 11.4 Å². The smallest absolute Gasteiger partial charge is 0.265 e. The van der Waals surface area contributed by atoms with Crippen LogP contribution in [0.5, 0.6) is 0 Å². The Balaban J connectivity index is 2.41. The van der Waals surface area contributed by atoms with E-state index in [2.05, 4.69) is 15.0 Å². The monoisotopic (exact) mass is 309 g/mol. The predicted octanol–water partition coefficient (Wildman–Crippen LogP) is 2.65. The molecule has 0 radical (unpaired) electrons. The number of hydrogen-bond donors (Lipinski definition) is 2. The summed E-state index contributed by atoms with van der Waals surface area (Å²) < 4.78 is 27.5. The minimum atomic E-state index is -3.68. The lowest BCUT2D eigenvalue weighted by molar-refractivity contribution is 0.601. The van der Waals surface area contributed by atoms with Crippen LogP contribution < -0.4 is 10.0 Å². The van der Waals surface area contributed by atoms with Crippen molar-refractivity contribution in [2.75, 3.05) is 23.3 Å². The highest BCUT2D eigenvalue weighted by molar-refractivity contribution is 7.99. The number of pyridine rings is 1. The largest absolute Gasteiger partial charge is 0.387 e. The van der Waals surface area contributed by atoms with Gasteiger partial charge in [0.25, 0.3) is 10.0 Å². The number of hydrogen-bond acceptors (Lipinski definition) is 5. The van der Waals surface area contributed by atoms with Crippen LogP contribution in [0, 0.1) is 0 Å². The molecular formula is C13H15N3O2S2.